The van der Waals surface area contributed by atoms with Crippen molar-refractivity contribution in [3.05, 3.63) is 71.8 Å². The van der Waals surface area contributed by atoms with Crippen molar-refractivity contribution in [1.29, 1.82) is 0 Å². The van der Waals surface area contributed by atoms with Crippen molar-refractivity contribution in [3.63, 3.8) is 0 Å². The molecule has 31 heavy (non-hydrogen) atoms. The number of anilines is 1. The second-order valence-electron chi connectivity index (χ2n) is 6.25. The molecule has 0 aliphatic carbocycles. The molecular formula is C19H17N9O2S. The molecule has 156 valence electrons. The van der Waals surface area contributed by atoms with Gasteiger partial charge in [0.25, 0.3) is 5.91 Å². The highest BCUT2D eigenvalue weighted by Gasteiger charge is 2.24. The second kappa shape index (κ2) is 9.17. The predicted molar refractivity (Wildman–Crippen MR) is 114 cm³/mol. The lowest BCUT2D eigenvalue weighted by atomic mass is 10.2. The molecule has 4 rings (SSSR count). The van der Waals surface area contributed by atoms with Crippen molar-refractivity contribution >= 4 is 29.2 Å². The second-order valence-corrected chi connectivity index (χ2v) is 7.29. The minimum Gasteiger partial charge on any atom is -0.378 e. The molecule has 0 radical (unpaired) electrons. The molecule has 0 fully saturated rings. The van der Waals surface area contributed by atoms with Crippen LogP contribution in [0.15, 0.2) is 69.5 Å². The number of carbonyl (C=O) groups is 1. The maximum absolute atomic E-state index is 12.8. The number of hydrogen-bond donors (Lipinski definition) is 2. The zero-order valence-corrected chi connectivity index (χ0v) is 17.2. The lowest BCUT2D eigenvalue weighted by Gasteiger charge is -2.06. The van der Waals surface area contributed by atoms with E-state index < -0.39 is 5.91 Å². The number of thioether (sulfide) groups is 1. The molecule has 0 unspecified atom stereocenters. The maximum Gasteiger partial charge on any atom is 0.293 e. The van der Waals surface area contributed by atoms with Crippen LogP contribution in [0.5, 0.6) is 0 Å². The monoisotopic (exact) mass is 435 g/mol. The van der Waals surface area contributed by atoms with E-state index in [-0.39, 0.29) is 17.3 Å². The molecule has 0 atom stereocenters. The van der Waals surface area contributed by atoms with Crippen molar-refractivity contribution in [3.8, 4) is 5.82 Å². The van der Waals surface area contributed by atoms with E-state index in [0.717, 1.165) is 10.5 Å². The molecule has 0 aliphatic heterocycles. The summed E-state index contributed by atoms with van der Waals surface area (Å²) in [5.74, 6) is 0.0541. The van der Waals surface area contributed by atoms with Crippen LogP contribution in [0.3, 0.4) is 0 Å². The van der Waals surface area contributed by atoms with Crippen LogP contribution >= 0.6 is 11.8 Å². The Morgan fingerprint density at radius 1 is 1.19 bits per heavy atom. The summed E-state index contributed by atoms with van der Waals surface area (Å²) < 4.78 is 6.01. The molecule has 3 aromatic heterocycles. The van der Waals surface area contributed by atoms with Gasteiger partial charge in [-0.25, -0.2) is 10.1 Å². The topological polar surface area (TPSA) is 150 Å². The number of nitrogens with zero attached hydrogens (tertiary/aromatic N) is 7. The van der Waals surface area contributed by atoms with Crippen LogP contribution in [0.2, 0.25) is 0 Å². The first-order chi connectivity index (χ1) is 15.1. The Morgan fingerprint density at radius 3 is 2.68 bits per heavy atom. The fourth-order valence-corrected chi connectivity index (χ4v) is 3.54. The number of carbonyl (C=O) groups excluding carboxylic acids is 1. The Hall–Kier alpha value is -4.06. The minimum absolute atomic E-state index is 0.0365. The Kier molecular flexibility index (Phi) is 5.98. The van der Waals surface area contributed by atoms with Crippen molar-refractivity contribution in [2.24, 2.45) is 5.10 Å². The van der Waals surface area contributed by atoms with Gasteiger partial charge >= 0.3 is 0 Å². The number of rotatable bonds is 7. The first-order valence-corrected chi connectivity index (χ1v) is 10.1. The summed E-state index contributed by atoms with van der Waals surface area (Å²) in [6.45, 7) is 1.78. The summed E-state index contributed by atoms with van der Waals surface area (Å²) in [6, 6.07) is 13.3. The van der Waals surface area contributed by atoms with Gasteiger partial charge in [0.1, 0.15) is 0 Å². The maximum atomic E-state index is 12.8. The third-order valence-electron chi connectivity index (χ3n) is 4.22. The number of nitrogen functional groups attached to an aromatic ring is 1. The van der Waals surface area contributed by atoms with Gasteiger partial charge in [0, 0.05) is 28.6 Å². The Bertz CT molecular complexity index is 1210. The summed E-state index contributed by atoms with van der Waals surface area (Å²) in [5, 5.41) is 19.5. The fraction of sp³-hybridized carbons (Fsp3) is 0.105. The quantitative estimate of drug-likeness (QED) is 0.252. The van der Waals surface area contributed by atoms with E-state index >= 15 is 0 Å². The Morgan fingerprint density at radius 2 is 1.97 bits per heavy atom. The molecule has 0 saturated heterocycles. The summed E-state index contributed by atoms with van der Waals surface area (Å²) >= 11 is 1.51. The van der Waals surface area contributed by atoms with Crippen molar-refractivity contribution in [2.45, 2.75) is 17.6 Å². The van der Waals surface area contributed by atoms with Crippen LogP contribution in [0.4, 0.5) is 5.82 Å². The van der Waals surface area contributed by atoms with Crippen LogP contribution in [0.1, 0.15) is 28.7 Å². The smallest absolute Gasteiger partial charge is 0.293 e. The number of hydrazone groups is 1. The van der Waals surface area contributed by atoms with E-state index in [1.165, 1.54) is 16.4 Å². The van der Waals surface area contributed by atoms with Crippen molar-refractivity contribution in [2.75, 3.05) is 5.73 Å². The molecular weight excluding hydrogens is 418 g/mol. The van der Waals surface area contributed by atoms with E-state index in [0.29, 0.717) is 17.2 Å². The molecule has 0 spiro atoms. The van der Waals surface area contributed by atoms with E-state index in [1.54, 1.807) is 31.5 Å². The van der Waals surface area contributed by atoms with Gasteiger partial charge in [0.15, 0.2) is 5.69 Å². The third-order valence-corrected chi connectivity index (χ3v) is 5.24. The highest BCUT2D eigenvalue weighted by atomic mass is 32.2. The van der Waals surface area contributed by atoms with Gasteiger partial charge in [0.2, 0.25) is 11.6 Å². The third kappa shape index (κ3) is 4.59. The van der Waals surface area contributed by atoms with E-state index in [4.69, 9.17) is 5.73 Å². The van der Waals surface area contributed by atoms with Gasteiger partial charge in [-0.15, -0.1) is 16.9 Å². The van der Waals surface area contributed by atoms with Crippen LogP contribution in [0, 0.1) is 0 Å². The molecule has 1 aromatic carbocycles. The van der Waals surface area contributed by atoms with Gasteiger partial charge in [-0.05, 0) is 41.5 Å². The van der Waals surface area contributed by atoms with Gasteiger partial charge in [-0.3, -0.25) is 9.78 Å². The van der Waals surface area contributed by atoms with Crippen LogP contribution in [-0.4, -0.2) is 41.9 Å². The lowest BCUT2D eigenvalue weighted by Crippen LogP contribution is -2.21. The Labute approximate surface area is 180 Å². The highest BCUT2D eigenvalue weighted by Crippen LogP contribution is 2.25. The SMILES string of the molecule is C/C(=N\NC(=O)c1nnn(-c2nonc2N)c1CSc1ccccc1)c1ccncc1. The summed E-state index contributed by atoms with van der Waals surface area (Å²) in [5.41, 5.74) is 10.4. The number of hydrogen-bond acceptors (Lipinski definition) is 10. The molecule has 3 N–H and O–H groups in total. The summed E-state index contributed by atoms with van der Waals surface area (Å²) in [4.78, 5) is 17.8. The van der Waals surface area contributed by atoms with E-state index in [9.17, 15) is 4.79 Å². The van der Waals surface area contributed by atoms with Gasteiger partial charge in [0.05, 0.1) is 11.4 Å². The highest BCUT2D eigenvalue weighted by molar-refractivity contribution is 7.98. The molecule has 3 heterocycles. The summed E-state index contributed by atoms with van der Waals surface area (Å²) in [7, 11) is 0. The molecule has 12 heteroatoms. The zero-order chi connectivity index (χ0) is 21.6. The standard InChI is InChI=1S/C19H17N9O2S/c1-12(13-7-9-21-10-8-13)22-24-19(29)16-15(11-31-14-5-3-2-4-6-14)28(27-23-16)18-17(20)25-30-26-18/h2-10H,11H2,1H3,(H2,20,25)(H,24,29)/b22-12+. The van der Waals surface area contributed by atoms with Crippen LogP contribution in [-0.2, 0) is 5.75 Å². The van der Waals surface area contributed by atoms with Gasteiger partial charge in [-0.1, -0.05) is 23.4 Å². The molecule has 11 nitrogen and oxygen atoms in total. The Balaban J connectivity index is 1.61. The molecule has 0 bridgehead atoms. The lowest BCUT2D eigenvalue weighted by molar-refractivity contribution is 0.0949. The first kappa shape index (κ1) is 20.2. The number of benzene rings is 1. The zero-order valence-electron chi connectivity index (χ0n) is 16.3. The normalized spacial score (nSPS) is 11.5. The van der Waals surface area contributed by atoms with E-state index in [1.807, 2.05) is 30.3 Å². The van der Waals surface area contributed by atoms with Crippen molar-refractivity contribution < 1.29 is 9.42 Å². The number of aromatic nitrogens is 6. The molecule has 1 amide bonds. The van der Waals surface area contributed by atoms with Crippen molar-refractivity contribution in [1.82, 2.24) is 35.7 Å². The van der Waals surface area contributed by atoms with E-state index in [2.05, 4.69) is 40.8 Å². The molecule has 4 aromatic rings. The number of nitrogens with two attached hydrogens (primary N) is 1. The number of amides is 1. The fourth-order valence-electron chi connectivity index (χ4n) is 2.63. The number of nitrogens with one attached hydrogen (secondary N) is 1. The molecule has 0 saturated carbocycles. The first-order valence-electron chi connectivity index (χ1n) is 9.09. The van der Waals surface area contributed by atoms with Gasteiger partial charge in [-0.2, -0.15) is 9.78 Å². The largest absolute Gasteiger partial charge is 0.378 e. The van der Waals surface area contributed by atoms with Crippen LogP contribution < -0.4 is 11.2 Å². The number of pyridine rings is 1. The molecule has 0 aliphatic rings. The van der Waals surface area contributed by atoms with Crippen LogP contribution in [0.25, 0.3) is 5.82 Å². The average Bonchev–Trinajstić information content (AvgIpc) is 3.42. The minimum atomic E-state index is -0.515. The average molecular weight is 435 g/mol. The summed E-state index contributed by atoms with van der Waals surface area (Å²) in [6.07, 6.45) is 3.30. The van der Waals surface area contributed by atoms with Gasteiger partial charge < -0.3 is 5.73 Å². The predicted octanol–water partition coefficient (Wildman–Crippen LogP) is 2.07.